The molecule has 8 nitrogen and oxygen atoms in total. The van der Waals surface area contributed by atoms with Crippen LogP contribution in [0.1, 0.15) is 12.5 Å². The largest absolute Gasteiger partial charge is 0.504 e. The molecule has 4 amide bonds. The minimum absolute atomic E-state index is 0.0409. The quantitative estimate of drug-likeness (QED) is 0.366. The van der Waals surface area contributed by atoms with Crippen LogP contribution < -0.4 is 19.7 Å². The Morgan fingerprint density at radius 2 is 1.86 bits per heavy atom. The number of halogens is 1. The third-order valence-corrected chi connectivity index (χ3v) is 4.91. The Labute approximate surface area is 180 Å². The van der Waals surface area contributed by atoms with Gasteiger partial charge in [-0.25, -0.2) is 9.69 Å². The highest BCUT2D eigenvalue weighted by atomic mass is 127. The molecule has 1 aliphatic rings. The highest BCUT2D eigenvalue weighted by molar-refractivity contribution is 14.1. The molecule has 1 saturated heterocycles. The van der Waals surface area contributed by atoms with Crippen LogP contribution >= 0.6 is 22.6 Å². The fourth-order valence-electron chi connectivity index (χ4n) is 2.75. The molecule has 29 heavy (non-hydrogen) atoms. The first-order valence-corrected chi connectivity index (χ1v) is 9.64. The van der Waals surface area contributed by atoms with Gasteiger partial charge in [-0.2, -0.15) is 0 Å². The molecular weight excluding hydrogens is 491 g/mol. The molecule has 2 aromatic carbocycles. The van der Waals surface area contributed by atoms with E-state index in [0.29, 0.717) is 27.2 Å². The molecule has 9 heteroatoms. The number of urea groups is 1. The van der Waals surface area contributed by atoms with Crippen molar-refractivity contribution in [2.45, 2.75) is 6.92 Å². The summed E-state index contributed by atoms with van der Waals surface area (Å²) in [5.74, 6) is -0.805. The fraction of sp³-hybridized carbons (Fsp3) is 0.150. The number of nitrogens with zero attached hydrogens (tertiary/aromatic N) is 1. The number of hydrogen-bond donors (Lipinski definition) is 2. The molecule has 2 aromatic rings. The topological polar surface area (TPSA) is 105 Å². The molecule has 0 atom stereocenters. The van der Waals surface area contributed by atoms with Crippen LogP contribution in [0.4, 0.5) is 10.5 Å². The van der Waals surface area contributed by atoms with Gasteiger partial charge in [0.05, 0.1) is 23.0 Å². The number of carbonyl (C=O) groups is 3. The zero-order valence-electron chi connectivity index (χ0n) is 15.6. The second kappa shape index (κ2) is 8.52. The van der Waals surface area contributed by atoms with Gasteiger partial charge in [-0.3, -0.25) is 14.9 Å². The SMILES string of the molecule is CCOc1ccc(N2C(=O)NC(=O)/C(=C/c3cc(I)c(O)c(OC)c3)C2=O)cc1. The Kier molecular flexibility index (Phi) is 6.06. The molecule has 2 N–H and O–H groups in total. The number of ether oxygens (including phenoxy) is 2. The van der Waals surface area contributed by atoms with Crippen molar-refractivity contribution >= 4 is 52.2 Å². The average Bonchev–Trinajstić information content (AvgIpc) is 2.69. The van der Waals surface area contributed by atoms with Crippen molar-refractivity contribution in [3.05, 3.63) is 51.1 Å². The molecule has 0 aliphatic carbocycles. The van der Waals surface area contributed by atoms with E-state index in [2.05, 4.69) is 5.32 Å². The fourth-order valence-corrected chi connectivity index (χ4v) is 3.37. The third-order valence-electron chi connectivity index (χ3n) is 4.09. The van der Waals surface area contributed by atoms with E-state index in [4.69, 9.17) is 9.47 Å². The van der Waals surface area contributed by atoms with Crippen molar-refractivity contribution in [2.24, 2.45) is 0 Å². The van der Waals surface area contributed by atoms with Crippen molar-refractivity contribution in [1.29, 1.82) is 0 Å². The summed E-state index contributed by atoms with van der Waals surface area (Å²) in [6.45, 7) is 2.33. The molecule has 0 saturated carbocycles. The molecule has 0 spiro atoms. The predicted octanol–water partition coefficient (Wildman–Crippen LogP) is 3.07. The first kappa shape index (κ1) is 20.6. The van der Waals surface area contributed by atoms with Gasteiger partial charge in [0, 0.05) is 0 Å². The zero-order chi connectivity index (χ0) is 21.1. The number of hydrogen-bond acceptors (Lipinski definition) is 6. The maximum atomic E-state index is 12.9. The van der Waals surface area contributed by atoms with Gasteiger partial charge in [0.2, 0.25) is 0 Å². The van der Waals surface area contributed by atoms with E-state index < -0.39 is 17.8 Å². The third kappa shape index (κ3) is 4.19. The van der Waals surface area contributed by atoms with Gasteiger partial charge in [0.15, 0.2) is 11.5 Å². The van der Waals surface area contributed by atoms with Crippen LogP contribution in [0, 0.1) is 3.57 Å². The Morgan fingerprint density at radius 1 is 1.17 bits per heavy atom. The van der Waals surface area contributed by atoms with Gasteiger partial charge in [-0.1, -0.05) is 0 Å². The lowest BCUT2D eigenvalue weighted by Gasteiger charge is -2.26. The number of amides is 4. The molecule has 0 unspecified atom stereocenters. The monoisotopic (exact) mass is 508 g/mol. The number of aromatic hydroxyl groups is 1. The van der Waals surface area contributed by atoms with Crippen molar-refractivity contribution in [3.63, 3.8) is 0 Å². The lowest BCUT2D eigenvalue weighted by molar-refractivity contribution is -0.122. The van der Waals surface area contributed by atoms with Crippen molar-refractivity contribution in [1.82, 2.24) is 5.32 Å². The number of carbonyl (C=O) groups excluding carboxylic acids is 3. The standard InChI is InChI=1S/C20H17IN2O6/c1-3-29-13-6-4-12(5-7-13)23-19(26)14(18(25)22-20(23)27)8-11-9-15(21)17(24)16(10-11)28-2/h4-10,24H,3H2,1-2H3,(H,22,25,27)/b14-8-. The summed E-state index contributed by atoms with van der Waals surface area (Å²) in [6.07, 6.45) is 1.34. The number of nitrogens with one attached hydrogen (secondary N) is 1. The summed E-state index contributed by atoms with van der Waals surface area (Å²) in [5.41, 5.74) is 0.540. The highest BCUT2D eigenvalue weighted by Crippen LogP contribution is 2.33. The summed E-state index contributed by atoms with van der Waals surface area (Å²) in [6, 6.07) is 8.62. The van der Waals surface area contributed by atoms with Crippen molar-refractivity contribution < 1.29 is 29.0 Å². The molecule has 150 valence electrons. The van der Waals surface area contributed by atoms with Gasteiger partial charge >= 0.3 is 6.03 Å². The van der Waals surface area contributed by atoms with E-state index in [1.807, 2.05) is 29.5 Å². The Balaban J connectivity index is 1.99. The first-order valence-electron chi connectivity index (χ1n) is 8.56. The number of methoxy groups -OCH3 is 1. The van der Waals surface area contributed by atoms with Gasteiger partial charge in [-0.15, -0.1) is 0 Å². The molecule has 1 heterocycles. The summed E-state index contributed by atoms with van der Waals surface area (Å²) < 4.78 is 10.9. The molecular formula is C20H17IN2O6. The molecule has 0 bridgehead atoms. The number of benzene rings is 2. The van der Waals surface area contributed by atoms with Gasteiger partial charge in [0.25, 0.3) is 11.8 Å². The number of barbiturate groups is 1. The van der Waals surface area contributed by atoms with E-state index in [9.17, 15) is 19.5 Å². The summed E-state index contributed by atoms with van der Waals surface area (Å²) in [7, 11) is 1.40. The van der Waals surface area contributed by atoms with E-state index in [-0.39, 0.29) is 17.1 Å². The van der Waals surface area contributed by atoms with Crippen LogP contribution in [0.25, 0.3) is 6.08 Å². The smallest absolute Gasteiger partial charge is 0.335 e. The average molecular weight is 508 g/mol. The van der Waals surface area contributed by atoms with Crippen molar-refractivity contribution in [3.8, 4) is 17.2 Å². The zero-order valence-corrected chi connectivity index (χ0v) is 17.7. The lowest BCUT2D eigenvalue weighted by Crippen LogP contribution is -2.54. The summed E-state index contributed by atoms with van der Waals surface area (Å²) in [5, 5.41) is 12.1. The van der Waals surface area contributed by atoms with Gasteiger partial charge in [-0.05, 0) is 77.6 Å². The number of anilines is 1. The van der Waals surface area contributed by atoms with Crippen LogP contribution in [0.3, 0.4) is 0 Å². The maximum absolute atomic E-state index is 12.9. The molecule has 0 radical (unpaired) electrons. The van der Waals surface area contributed by atoms with Crippen LogP contribution in [0.15, 0.2) is 42.0 Å². The molecule has 1 fully saturated rings. The maximum Gasteiger partial charge on any atom is 0.335 e. The van der Waals surface area contributed by atoms with Crippen molar-refractivity contribution in [2.75, 3.05) is 18.6 Å². The molecule has 0 aromatic heterocycles. The normalized spacial score (nSPS) is 15.5. The lowest BCUT2D eigenvalue weighted by atomic mass is 10.1. The van der Waals surface area contributed by atoms with E-state index in [0.717, 1.165) is 4.90 Å². The first-order chi connectivity index (χ1) is 13.8. The Hall–Kier alpha value is -3.08. The van der Waals surface area contributed by atoms with E-state index in [1.165, 1.54) is 19.3 Å². The number of rotatable bonds is 5. The Bertz CT molecular complexity index is 1020. The highest BCUT2D eigenvalue weighted by Gasteiger charge is 2.36. The van der Waals surface area contributed by atoms with Crippen LogP contribution in [-0.2, 0) is 9.59 Å². The molecule has 3 rings (SSSR count). The second-order valence-electron chi connectivity index (χ2n) is 5.94. The minimum Gasteiger partial charge on any atom is -0.504 e. The van der Waals surface area contributed by atoms with Crippen LogP contribution in [-0.4, -0.2) is 36.7 Å². The number of phenols is 1. The van der Waals surface area contributed by atoms with E-state index >= 15 is 0 Å². The molecule has 1 aliphatic heterocycles. The predicted molar refractivity (Wildman–Crippen MR) is 114 cm³/mol. The minimum atomic E-state index is -0.834. The van der Waals surface area contributed by atoms with E-state index in [1.54, 1.807) is 30.3 Å². The van der Waals surface area contributed by atoms with Gasteiger partial charge in [0.1, 0.15) is 11.3 Å². The second-order valence-corrected chi connectivity index (χ2v) is 7.10. The Morgan fingerprint density at radius 3 is 2.48 bits per heavy atom. The summed E-state index contributed by atoms with van der Waals surface area (Å²) in [4.78, 5) is 38.4. The van der Waals surface area contributed by atoms with Crippen LogP contribution in [0.5, 0.6) is 17.2 Å². The number of imide groups is 2. The van der Waals surface area contributed by atoms with Gasteiger partial charge < -0.3 is 14.6 Å². The number of phenolic OH excluding ortho intramolecular Hbond substituents is 1. The van der Waals surface area contributed by atoms with Crippen LogP contribution in [0.2, 0.25) is 0 Å². The summed E-state index contributed by atoms with van der Waals surface area (Å²) >= 11 is 1.91.